The number of para-hydroxylation sites is 1. The quantitative estimate of drug-likeness (QED) is 0.623. The number of nitrogens with one attached hydrogen (secondary N) is 3. The van der Waals surface area contributed by atoms with Crippen molar-refractivity contribution in [2.24, 2.45) is 0 Å². The summed E-state index contributed by atoms with van der Waals surface area (Å²) < 4.78 is 5.65. The number of fused-ring (bicyclic) bond motifs is 2. The molecule has 1 aliphatic heterocycles. The van der Waals surface area contributed by atoms with Crippen LogP contribution in [-0.2, 0) is 6.42 Å². The van der Waals surface area contributed by atoms with Gasteiger partial charge >= 0.3 is 5.69 Å². The number of carbonyl (C=O) groups is 1. The molecule has 0 saturated heterocycles. The molecule has 0 bridgehead atoms. The highest BCUT2D eigenvalue weighted by atomic mass is 16.5. The second-order valence-corrected chi connectivity index (χ2v) is 5.82. The number of pyridine rings is 1. The zero-order valence-corrected chi connectivity index (χ0v) is 13.0. The van der Waals surface area contributed by atoms with Crippen molar-refractivity contribution in [1.29, 1.82) is 0 Å². The zero-order chi connectivity index (χ0) is 17.4. The van der Waals surface area contributed by atoms with Crippen LogP contribution in [0.3, 0.4) is 0 Å². The van der Waals surface area contributed by atoms with Crippen LogP contribution in [0.5, 0.6) is 5.75 Å². The maximum Gasteiger partial charge on any atom is 0.327 e. The Balaban J connectivity index is 1.57. The van der Waals surface area contributed by atoms with Gasteiger partial charge in [-0.25, -0.2) is 9.78 Å². The van der Waals surface area contributed by atoms with Crippen LogP contribution in [0.25, 0.3) is 11.0 Å². The first-order chi connectivity index (χ1) is 12.1. The van der Waals surface area contributed by atoms with E-state index in [0.29, 0.717) is 13.0 Å². The van der Waals surface area contributed by atoms with Crippen LogP contribution < -0.4 is 21.3 Å². The highest BCUT2D eigenvalue weighted by Gasteiger charge is 2.22. The fourth-order valence-electron chi connectivity index (χ4n) is 2.86. The highest BCUT2D eigenvalue weighted by molar-refractivity contribution is 5.96. The average molecular weight is 338 g/mol. The summed E-state index contributed by atoms with van der Waals surface area (Å²) in [5.74, 6) is 0.476. The minimum absolute atomic E-state index is 0.139. The van der Waals surface area contributed by atoms with E-state index in [1.807, 2.05) is 24.3 Å². The Morgan fingerprint density at radius 3 is 2.96 bits per heavy atom. The minimum Gasteiger partial charge on any atom is -0.491 e. The monoisotopic (exact) mass is 338 g/mol. The maximum absolute atomic E-state index is 12.5. The van der Waals surface area contributed by atoms with Gasteiger partial charge in [0.25, 0.3) is 11.5 Å². The van der Waals surface area contributed by atoms with E-state index in [2.05, 4.69) is 20.3 Å². The van der Waals surface area contributed by atoms with E-state index in [-0.39, 0.29) is 28.5 Å². The number of amides is 1. The van der Waals surface area contributed by atoms with E-state index >= 15 is 0 Å². The van der Waals surface area contributed by atoms with Crippen LogP contribution in [0.2, 0.25) is 0 Å². The second kappa shape index (κ2) is 5.90. The number of rotatable bonds is 2. The normalized spacial score (nSPS) is 16.1. The maximum atomic E-state index is 12.5. The molecule has 0 aliphatic carbocycles. The van der Waals surface area contributed by atoms with Gasteiger partial charge < -0.3 is 10.1 Å². The Hall–Kier alpha value is -3.42. The molecule has 126 valence electrons. The molecule has 25 heavy (non-hydrogen) atoms. The molecule has 3 N–H and O–H groups in total. The van der Waals surface area contributed by atoms with Crippen molar-refractivity contribution in [3.05, 3.63) is 68.5 Å². The summed E-state index contributed by atoms with van der Waals surface area (Å²) in [6.45, 7) is 0.373. The molecule has 1 aromatic carbocycles. The summed E-state index contributed by atoms with van der Waals surface area (Å²) in [5, 5.41) is 3.03. The summed E-state index contributed by atoms with van der Waals surface area (Å²) in [6, 6.07) is 8.92. The van der Waals surface area contributed by atoms with Gasteiger partial charge in [-0.15, -0.1) is 0 Å². The van der Waals surface area contributed by atoms with E-state index in [0.717, 1.165) is 11.3 Å². The number of aromatic amines is 2. The lowest BCUT2D eigenvalue weighted by molar-refractivity contribution is 0.0915. The van der Waals surface area contributed by atoms with Crippen LogP contribution in [0, 0.1) is 0 Å². The van der Waals surface area contributed by atoms with Gasteiger partial charge in [0.1, 0.15) is 18.0 Å². The van der Waals surface area contributed by atoms with E-state index in [1.54, 1.807) is 0 Å². The van der Waals surface area contributed by atoms with Gasteiger partial charge in [0.05, 0.1) is 17.0 Å². The number of nitrogens with zero attached hydrogens (tertiary/aromatic N) is 1. The zero-order valence-electron chi connectivity index (χ0n) is 13.0. The summed E-state index contributed by atoms with van der Waals surface area (Å²) in [4.78, 5) is 44.0. The second-order valence-electron chi connectivity index (χ2n) is 5.82. The molecule has 0 unspecified atom stereocenters. The topological polar surface area (TPSA) is 117 Å². The minimum atomic E-state index is -0.639. The van der Waals surface area contributed by atoms with Crippen molar-refractivity contribution in [3.63, 3.8) is 0 Å². The van der Waals surface area contributed by atoms with Crippen molar-refractivity contribution in [2.45, 2.75) is 12.5 Å². The van der Waals surface area contributed by atoms with Gasteiger partial charge in [0, 0.05) is 6.20 Å². The lowest BCUT2D eigenvalue weighted by atomic mass is 10.0. The number of ether oxygens (including phenoxy) is 1. The van der Waals surface area contributed by atoms with Crippen molar-refractivity contribution >= 4 is 16.9 Å². The Labute approximate surface area is 140 Å². The SMILES string of the molecule is O=C(N[C@@H]1COc2ccccc2C1)c1cnc2[nH]c(=O)[nH]c(=O)c2c1. The standard InChI is InChI=1S/C17H14N4O4/c22-15(19-11-5-9-3-1-2-4-13(9)25-8-11)10-6-12-14(18-7-10)20-17(24)21-16(12)23/h1-4,6-7,11H,5,8H2,(H,19,22)(H2,18,20,21,23,24)/t11-/m0/s1. The van der Waals surface area contributed by atoms with Gasteiger partial charge in [-0.2, -0.15) is 0 Å². The summed E-state index contributed by atoms with van der Waals surface area (Å²) in [7, 11) is 0. The third-order valence-electron chi connectivity index (χ3n) is 4.07. The van der Waals surface area contributed by atoms with Crippen LogP contribution in [0.4, 0.5) is 0 Å². The fraction of sp³-hybridized carbons (Fsp3) is 0.176. The Morgan fingerprint density at radius 1 is 1.24 bits per heavy atom. The van der Waals surface area contributed by atoms with Crippen LogP contribution in [0.1, 0.15) is 15.9 Å². The van der Waals surface area contributed by atoms with Gasteiger partial charge in [0.2, 0.25) is 0 Å². The number of hydrogen-bond donors (Lipinski definition) is 3. The Kier molecular flexibility index (Phi) is 3.57. The molecule has 0 radical (unpaired) electrons. The fourth-order valence-corrected chi connectivity index (χ4v) is 2.86. The molecule has 4 rings (SSSR count). The third-order valence-corrected chi connectivity index (χ3v) is 4.07. The van der Waals surface area contributed by atoms with E-state index in [4.69, 9.17) is 4.74 Å². The van der Waals surface area contributed by atoms with Gasteiger partial charge in [-0.05, 0) is 24.1 Å². The number of carbonyl (C=O) groups excluding carboxylic acids is 1. The van der Waals surface area contributed by atoms with Crippen LogP contribution in [0.15, 0.2) is 46.1 Å². The third kappa shape index (κ3) is 2.89. The molecular formula is C17H14N4O4. The summed E-state index contributed by atoms with van der Waals surface area (Å²) in [5.41, 5.74) is 0.185. The molecule has 3 aromatic rings. The Bertz CT molecular complexity index is 1090. The van der Waals surface area contributed by atoms with Gasteiger partial charge in [0.15, 0.2) is 0 Å². The largest absolute Gasteiger partial charge is 0.491 e. The molecule has 0 spiro atoms. The first-order valence-electron chi connectivity index (χ1n) is 7.74. The van der Waals surface area contributed by atoms with Gasteiger partial charge in [-0.1, -0.05) is 18.2 Å². The van der Waals surface area contributed by atoms with Crippen molar-refractivity contribution in [2.75, 3.05) is 6.61 Å². The van der Waals surface area contributed by atoms with Crippen molar-refractivity contribution < 1.29 is 9.53 Å². The van der Waals surface area contributed by atoms with Crippen LogP contribution in [-0.4, -0.2) is 33.5 Å². The van der Waals surface area contributed by atoms with E-state index in [9.17, 15) is 14.4 Å². The molecule has 0 saturated carbocycles. The average Bonchev–Trinajstić information content (AvgIpc) is 2.61. The molecule has 8 heteroatoms. The Morgan fingerprint density at radius 2 is 2.08 bits per heavy atom. The number of hydrogen-bond acceptors (Lipinski definition) is 5. The molecule has 2 aromatic heterocycles. The molecule has 3 heterocycles. The molecule has 1 atom stereocenters. The lowest BCUT2D eigenvalue weighted by Gasteiger charge is -2.26. The van der Waals surface area contributed by atoms with E-state index < -0.39 is 11.2 Å². The lowest BCUT2D eigenvalue weighted by Crippen LogP contribution is -2.42. The molecule has 8 nitrogen and oxygen atoms in total. The first-order valence-corrected chi connectivity index (χ1v) is 7.74. The smallest absolute Gasteiger partial charge is 0.327 e. The summed E-state index contributed by atoms with van der Waals surface area (Å²) >= 11 is 0. The first kappa shape index (κ1) is 15.1. The predicted molar refractivity (Wildman–Crippen MR) is 89.9 cm³/mol. The molecular weight excluding hydrogens is 324 g/mol. The van der Waals surface area contributed by atoms with Crippen molar-refractivity contribution in [3.8, 4) is 5.75 Å². The molecule has 0 fully saturated rings. The number of aromatic nitrogens is 3. The highest BCUT2D eigenvalue weighted by Crippen LogP contribution is 2.24. The summed E-state index contributed by atoms with van der Waals surface area (Å²) in [6.07, 6.45) is 1.99. The molecule has 1 amide bonds. The number of H-pyrrole nitrogens is 2. The van der Waals surface area contributed by atoms with Crippen molar-refractivity contribution in [1.82, 2.24) is 20.3 Å². The number of benzene rings is 1. The predicted octanol–water partition coefficient (Wildman–Crippen LogP) is 0.345. The van der Waals surface area contributed by atoms with E-state index in [1.165, 1.54) is 12.3 Å². The van der Waals surface area contributed by atoms with Gasteiger partial charge in [-0.3, -0.25) is 19.6 Å². The molecule has 1 aliphatic rings. The van der Waals surface area contributed by atoms with Crippen LogP contribution >= 0.6 is 0 Å².